The fourth-order valence-corrected chi connectivity index (χ4v) is 0.900. The summed E-state index contributed by atoms with van der Waals surface area (Å²) in [5, 5.41) is 0. The van der Waals surface area contributed by atoms with E-state index in [0.717, 1.165) is 11.7 Å². The van der Waals surface area contributed by atoms with Crippen molar-refractivity contribution in [3.05, 3.63) is 17.8 Å². The van der Waals surface area contributed by atoms with Crippen molar-refractivity contribution in [2.75, 3.05) is 0 Å². The molecule has 0 saturated heterocycles. The highest BCUT2D eigenvalue weighted by molar-refractivity contribution is 5.04. The Morgan fingerprint density at radius 1 is 1.21 bits per heavy atom. The monoisotopic (exact) mass is 197 g/mol. The van der Waals surface area contributed by atoms with E-state index in [4.69, 9.17) is 4.42 Å². The highest BCUT2D eigenvalue weighted by Gasteiger charge is 2.20. The van der Waals surface area contributed by atoms with Gasteiger partial charge in [0.15, 0.2) is 5.89 Å². The van der Waals surface area contributed by atoms with E-state index >= 15 is 0 Å². The van der Waals surface area contributed by atoms with Crippen molar-refractivity contribution < 1.29 is 4.42 Å². The Labute approximate surface area is 87.7 Å². The zero-order chi connectivity index (χ0) is 11.4. The van der Waals surface area contributed by atoms with Crippen LogP contribution >= 0.6 is 0 Å². The van der Waals surface area contributed by atoms with Crippen molar-refractivity contribution in [1.82, 2.24) is 4.98 Å². The molecule has 0 aliphatic rings. The normalized spacial score (nSPS) is 11.1. The number of nitrogens with zero attached hydrogens (tertiary/aromatic N) is 1. The van der Waals surface area contributed by atoms with Gasteiger partial charge >= 0.3 is 0 Å². The Kier molecular flexibility index (Phi) is 4.89. The molecule has 82 valence electrons. The Morgan fingerprint density at radius 3 is 1.93 bits per heavy atom. The zero-order valence-corrected chi connectivity index (χ0v) is 10.5. The molecule has 0 aliphatic heterocycles. The van der Waals surface area contributed by atoms with Crippen LogP contribution in [0.15, 0.2) is 10.6 Å². The predicted octanol–water partition coefficient (Wildman–Crippen LogP) is 4.12. The average molecular weight is 197 g/mol. The summed E-state index contributed by atoms with van der Waals surface area (Å²) in [7, 11) is 0. The van der Waals surface area contributed by atoms with Gasteiger partial charge in [0, 0.05) is 11.3 Å². The average Bonchev–Trinajstić information content (AvgIpc) is 2.54. The first kappa shape index (κ1) is 13.2. The predicted molar refractivity (Wildman–Crippen MR) is 60.6 cm³/mol. The Bertz CT molecular complexity index is 256. The van der Waals surface area contributed by atoms with Gasteiger partial charge in [-0.25, -0.2) is 4.98 Å². The minimum Gasteiger partial charge on any atom is -0.445 e. The molecule has 0 atom stereocenters. The molecule has 0 amide bonds. The van der Waals surface area contributed by atoms with E-state index in [1.165, 1.54) is 0 Å². The lowest BCUT2D eigenvalue weighted by molar-refractivity contribution is 0.365. The Balaban J connectivity index is 0.000000791. The van der Waals surface area contributed by atoms with E-state index in [1.54, 1.807) is 0 Å². The van der Waals surface area contributed by atoms with Gasteiger partial charge in [-0.15, -0.1) is 0 Å². The molecule has 2 heteroatoms. The molecule has 0 bridgehead atoms. The summed E-state index contributed by atoms with van der Waals surface area (Å²) >= 11 is 0. The largest absolute Gasteiger partial charge is 0.445 e. The smallest absolute Gasteiger partial charge is 0.199 e. The van der Waals surface area contributed by atoms with Crippen molar-refractivity contribution >= 4 is 0 Å². The summed E-state index contributed by atoms with van der Waals surface area (Å²) in [6.45, 7) is 14.5. The minimum atomic E-state index is 0.0210. The molecule has 14 heavy (non-hydrogen) atoms. The number of rotatable bonds is 1. The molecule has 0 aromatic carbocycles. The first-order valence-electron chi connectivity index (χ1n) is 5.37. The third-order valence-corrected chi connectivity index (χ3v) is 1.73. The van der Waals surface area contributed by atoms with Crippen LogP contribution in [-0.2, 0) is 5.41 Å². The first-order valence-corrected chi connectivity index (χ1v) is 5.37. The summed E-state index contributed by atoms with van der Waals surface area (Å²) in [6.07, 6.45) is 1.82. The van der Waals surface area contributed by atoms with Crippen LogP contribution in [0, 0.1) is 0 Å². The molecule has 2 nitrogen and oxygen atoms in total. The quantitative estimate of drug-likeness (QED) is 0.676. The molecular formula is C12H23NO. The summed E-state index contributed by atoms with van der Waals surface area (Å²) in [6, 6.07) is 0. The van der Waals surface area contributed by atoms with Crippen molar-refractivity contribution in [2.24, 2.45) is 0 Å². The molecule has 0 aliphatic carbocycles. The highest BCUT2D eigenvalue weighted by atomic mass is 16.4. The van der Waals surface area contributed by atoms with Crippen molar-refractivity contribution in [1.29, 1.82) is 0 Å². The zero-order valence-electron chi connectivity index (χ0n) is 10.5. The van der Waals surface area contributed by atoms with Crippen LogP contribution in [0.4, 0.5) is 0 Å². The van der Waals surface area contributed by atoms with Crippen LogP contribution in [-0.4, -0.2) is 4.98 Å². The van der Waals surface area contributed by atoms with Gasteiger partial charge in [0.1, 0.15) is 5.76 Å². The van der Waals surface area contributed by atoms with Crippen LogP contribution in [0.1, 0.15) is 66.0 Å². The number of aromatic nitrogens is 1. The maximum Gasteiger partial charge on any atom is 0.199 e. The topological polar surface area (TPSA) is 26.0 Å². The minimum absolute atomic E-state index is 0.0210. The van der Waals surface area contributed by atoms with Crippen molar-refractivity contribution in [3.63, 3.8) is 0 Å². The second kappa shape index (κ2) is 5.18. The number of oxazole rings is 1. The maximum absolute atomic E-state index is 5.60. The summed E-state index contributed by atoms with van der Waals surface area (Å²) in [4.78, 5) is 4.24. The second-order valence-corrected chi connectivity index (χ2v) is 4.47. The Morgan fingerprint density at radius 2 is 1.71 bits per heavy atom. The maximum atomic E-state index is 5.60. The van der Waals surface area contributed by atoms with Crippen molar-refractivity contribution in [2.45, 2.75) is 59.8 Å². The van der Waals surface area contributed by atoms with Crippen molar-refractivity contribution in [3.8, 4) is 0 Å². The van der Waals surface area contributed by atoms with E-state index < -0.39 is 0 Å². The first-order chi connectivity index (χ1) is 6.41. The SMILES string of the molecule is CC.CC(C)c1cnc(C(C)(C)C)o1. The fourth-order valence-electron chi connectivity index (χ4n) is 0.900. The summed E-state index contributed by atoms with van der Waals surface area (Å²) in [5.74, 6) is 2.22. The molecule has 0 fully saturated rings. The molecule has 0 unspecified atom stereocenters. The molecule has 0 N–H and O–H groups in total. The molecule has 0 radical (unpaired) electrons. The van der Waals surface area contributed by atoms with Gasteiger partial charge in [-0.05, 0) is 0 Å². The molecule has 1 aromatic heterocycles. The number of hydrogen-bond donors (Lipinski definition) is 0. The lowest BCUT2D eigenvalue weighted by Gasteiger charge is -2.12. The lowest BCUT2D eigenvalue weighted by atomic mass is 9.97. The van der Waals surface area contributed by atoms with Gasteiger partial charge in [-0.3, -0.25) is 0 Å². The summed E-state index contributed by atoms with van der Waals surface area (Å²) in [5.41, 5.74) is 0.0210. The van der Waals surface area contributed by atoms with Crippen LogP contribution in [0.25, 0.3) is 0 Å². The summed E-state index contributed by atoms with van der Waals surface area (Å²) < 4.78 is 5.60. The van der Waals surface area contributed by atoms with Crippen LogP contribution in [0.2, 0.25) is 0 Å². The van der Waals surface area contributed by atoms with Gasteiger partial charge in [0.05, 0.1) is 6.20 Å². The Hall–Kier alpha value is -0.790. The van der Waals surface area contributed by atoms with Gasteiger partial charge in [0.2, 0.25) is 0 Å². The van der Waals surface area contributed by atoms with E-state index in [2.05, 4.69) is 39.6 Å². The number of hydrogen-bond acceptors (Lipinski definition) is 2. The lowest BCUT2D eigenvalue weighted by Crippen LogP contribution is -2.10. The van der Waals surface area contributed by atoms with Gasteiger partial charge in [-0.1, -0.05) is 48.5 Å². The van der Waals surface area contributed by atoms with Crippen LogP contribution < -0.4 is 0 Å². The van der Waals surface area contributed by atoms with Gasteiger partial charge in [0.25, 0.3) is 0 Å². The molecular weight excluding hydrogens is 174 g/mol. The van der Waals surface area contributed by atoms with Crippen LogP contribution in [0.5, 0.6) is 0 Å². The third-order valence-electron chi connectivity index (χ3n) is 1.73. The van der Waals surface area contributed by atoms with E-state index in [-0.39, 0.29) is 5.41 Å². The molecule has 0 spiro atoms. The standard InChI is InChI=1S/C10H17NO.C2H6/c1-7(2)8-6-11-9(12-8)10(3,4)5;1-2/h6-7H,1-5H3;1-2H3. The second-order valence-electron chi connectivity index (χ2n) is 4.47. The highest BCUT2D eigenvalue weighted by Crippen LogP contribution is 2.24. The molecule has 1 heterocycles. The van der Waals surface area contributed by atoms with E-state index in [1.807, 2.05) is 20.0 Å². The van der Waals surface area contributed by atoms with Crippen LogP contribution in [0.3, 0.4) is 0 Å². The van der Waals surface area contributed by atoms with Gasteiger partial charge in [-0.2, -0.15) is 0 Å². The van der Waals surface area contributed by atoms with E-state index in [9.17, 15) is 0 Å². The molecule has 1 rings (SSSR count). The third kappa shape index (κ3) is 3.52. The molecule has 0 saturated carbocycles. The van der Waals surface area contributed by atoms with E-state index in [0.29, 0.717) is 5.92 Å². The van der Waals surface area contributed by atoms with Gasteiger partial charge < -0.3 is 4.42 Å². The fraction of sp³-hybridized carbons (Fsp3) is 0.750. The molecule has 1 aromatic rings.